The average molecular weight is 261 g/mol. The number of phenols is 1. The fraction of sp³-hybridized carbons (Fsp3) is 0. The van der Waals surface area contributed by atoms with Crippen molar-refractivity contribution < 1.29 is 9.84 Å². The van der Waals surface area contributed by atoms with Crippen LogP contribution < -0.4 is 10.5 Å². The summed E-state index contributed by atoms with van der Waals surface area (Å²) in [7, 11) is 0. The molecule has 0 bridgehead atoms. The van der Waals surface area contributed by atoms with Crippen LogP contribution in [0, 0.1) is 11.3 Å². The predicted octanol–water partition coefficient (Wildman–Crippen LogP) is 3.29. The van der Waals surface area contributed by atoms with Crippen molar-refractivity contribution in [1.82, 2.24) is 0 Å². The van der Waals surface area contributed by atoms with Crippen LogP contribution in [0.2, 0.25) is 5.02 Å². The number of nitrogens with zero attached hydrogens (tertiary/aromatic N) is 1. The Bertz CT molecular complexity index is 635. The summed E-state index contributed by atoms with van der Waals surface area (Å²) in [5, 5.41) is 18.8. The van der Waals surface area contributed by atoms with Crippen molar-refractivity contribution in [2.24, 2.45) is 0 Å². The molecule has 0 saturated heterocycles. The van der Waals surface area contributed by atoms with Gasteiger partial charge in [0.2, 0.25) is 0 Å². The van der Waals surface area contributed by atoms with Crippen molar-refractivity contribution in [2.45, 2.75) is 0 Å². The Morgan fingerprint density at radius 3 is 2.56 bits per heavy atom. The first-order chi connectivity index (χ1) is 8.63. The van der Waals surface area contributed by atoms with Crippen molar-refractivity contribution in [1.29, 1.82) is 5.26 Å². The maximum absolute atomic E-state index is 9.46. The molecule has 0 aliphatic heterocycles. The standard InChI is InChI=1S/C13H9ClN2O2/c14-9-3-1-5-11(8(9)7-15)18-12-6-2-4-10(17)13(12)16/h1-6,17H,16H2. The minimum absolute atomic E-state index is 0.0759. The molecule has 0 aliphatic carbocycles. The summed E-state index contributed by atoms with van der Waals surface area (Å²) in [5.74, 6) is 0.490. The smallest absolute Gasteiger partial charge is 0.154 e. The molecule has 0 unspecified atom stereocenters. The molecule has 2 aromatic rings. The minimum atomic E-state index is -0.0759. The van der Waals surface area contributed by atoms with Crippen LogP contribution in [0.4, 0.5) is 5.69 Å². The zero-order valence-electron chi connectivity index (χ0n) is 9.22. The lowest BCUT2D eigenvalue weighted by molar-refractivity contribution is 0.459. The molecule has 0 aliphatic rings. The van der Waals surface area contributed by atoms with E-state index in [1.54, 1.807) is 30.3 Å². The number of nitriles is 1. The molecular formula is C13H9ClN2O2. The molecule has 0 fully saturated rings. The summed E-state index contributed by atoms with van der Waals surface area (Å²) in [5.41, 5.74) is 6.01. The summed E-state index contributed by atoms with van der Waals surface area (Å²) in [6, 6.07) is 11.5. The summed E-state index contributed by atoms with van der Waals surface area (Å²) in [6.07, 6.45) is 0. The normalized spacial score (nSPS) is 9.78. The molecule has 0 aromatic heterocycles. The molecule has 3 N–H and O–H groups in total. The van der Waals surface area contributed by atoms with E-state index in [2.05, 4.69) is 0 Å². The summed E-state index contributed by atoms with van der Waals surface area (Å²) < 4.78 is 5.50. The Kier molecular flexibility index (Phi) is 3.26. The first-order valence-electron chi connectivity index (χ1n) is 5.07. The number of benzene rings is 2. The molecule has 5 heteroatoms. The van der Waals surface area contributed by atoms with Gasteiger partial charge in [0, 0.05) is 0 Å². The first kappa shape index (κ1) is 12.1. The molecule has 2 aromatic carbocycles. The molecule has 0 atom stereocenters. The van der Waals surface area contributed by atoms with E-state index in [0.717, 1.165) is 0 Å². The number of rotatable bonds is 2. The first-order valence-corrected chi connectivity index (χ1v) is 5.45. The fourth-order valence-corrected chi connectivity index (χ4v) is 1.65. The van der Waals surface area contributed by atoms with Crippen LogP contribution in [0.15, 0.2) is 36.4 Å². The number of para-hydroxylation sites is 1. The Hall–Kier alpha value is -2.38. The second kappa shape index (κ2) is 4.86. The highest BCUT2D eigenvalue weighted by molar-refractivity contribution is 6.31. The molecule has 18 heavy (non-hydrogen) atoms. The monoisotopic (exact) mass is 260 g/mol. The van der Waals surface area contributed by atoms with Crippen LogP contribution in [0.1, 0.15) is 5.56 Å². The van der Waals surface area contributed by atoms with Crippen LogP contribution >= 0.6 is 11.6 Å². The molecule has 2 rings (SSSR count). The fourth-order valence-electron chi connectivity index (χ4n) is 1.44. The highest BCUT2D eigenvalue weighted by Crippen LogP contribution is 2.36. The molecule has 0 amide bonds. The zero-order valence-corrected chi connectivity index (χ0v) is 9.98. The third kappa shape index (κ3) is 2.17. The van der Waals surface area contributed by atoms with Crippen LogP contribution in [-0.2, 0) is 0 Å². The van der Waals surface area contributed by atoms with Crippen LogP contribution in [0.3, 0.4) is 0 Å². The number of hydrogen-bond donors (Lipinski definition) is 2. The third-order valence-corrected chi connectivity index (χ3v) is 2.67. The lowest BCUT2D eigenvalue weighted by Crippen LogP contribution is -1.94. The highest BCUT2D eigenvalue weighted by Gasteiger charge is 2.11. The van der Waals surface area contributed by atoms with Crippen molar-refractivity contribution in [3.63, 3.8) is 0 Å². The predicted molar refractivity (Wildman–Crippen MR) is 68.8 cm³/mol. The van der Waals surface area contributed by atoms with E-state index in [1.165, 1.54) is 6.07 Å². The van der Waals surface area contributed by atoms with Crippen LogP contribution in [0.5, 0.6) is 17.2 Å². The highest BCUT2D eigenvalue weighted by atomic mass is 35.5. The molecule has 90 valence electrons. The molecule has 0 heterocycles. The quantitative estimate of drug-likeness (QED) is 0.641. The second-order valence-electron chi connectivity index (χ2n) is 3.52. The molecule has 0 spiro atoms. The Labute approximate surface area is 109 Å². The van der Waals surface area contributed by atoms with Crippen molar-refractivity contribution >= 4 is 17.3 Å². The topological polar surface area (TPSA) is 79.3 Å². The molecule has 4 nitrogen and oxygen atoms in total. The van der Waals surface area contributed by atoms with Gasteiger partial charge in [0.15, 0.2) is 5.75 Å². The van der Waals surface area contributed by atoms with Gasteiger partial charge in [0.25, 0.3) is 0 Å². The third-order valence-electron chi connectivity index (χ3n) is 2.35. The van der Waals surface area contributed by atoms with Gasteiger partial charge in [-0.1, -0.05) is 23.7 Å². The Balaban J connectivity index is 2.44. The Morgan fingerprint density at radius 2 is 1.83 bits per heavy atom. The van der Waals surface area contributed by atoms with E-state index in [1.807, 2.05) is 6.07 Å². The Morgan fingerprint density at radius 1 is 1.17 bits per heavy atom. The lowest BCUT2D eigenvalue weighted by atomic mass is 10.2. The molecule has 0 saturated carbocycles. The maximum Gasteiger partial charge on any atom is 0.154 e. The van der Waals surface area contributed by atoms with Gasteiger partial charge >= 0.3 is 0 Å². The molecular weight excluding hydrogens is 252 g/mol. The number of anilines is 1. The van der Waals surface area contributed by atoms with Gasteiger partial charge in [0.1, 0.15) is 28.8 Å². The van der Waals surface area contributed by atoms with Crippen molar-refractivity contribution in [2.75, 3.05) is 5.73 Å². The number of hydrogen-bond acceptors (Lipinski definition) is 4. The second-order valence-corrected chi connectivity index (χ2v) is 3.92. The number of aromatic hydroxyl groups is 1. The van der Waals surface area contributed by atoms with Gasteiger partial charge in [0.05, 0.1) is 5.02 Å². The van der Waals surface area contributed by atoms with Gasteiger partial charge < -0.3 is 15.6 Å². The number of nitrogens with two attached hydrogens (primary N) is 1. The number of ether oxygens (including phenoxy) is 1. The van der Waals surface area contributed by atoms with Gasteiger partial charge in [-0.2, -0.15) is 5.26 Å². The summed E-state index contributed by atoms with van der Waals surface area (Å²) in [4.78, 5) is 0. The summed E-state index contributed by atoms with van der Waals surface area (Å²) >= 11 is 5.88. The van der Waals surface area contributed by atoms with E-state index in [0.29, 0.717) is 10.8 Å². The molecule has 0 radical (unpaired) electrons. The van der Waals surface area contributed by atoms with Gasteiger partial charge in [-0.25, -0.2) is 0 Å². The number of halogens is 1. The SMILES string of the molecule is N#Cc1c(Cl)cccc1Oc1cccc(O)c1N. The summed E-state index contributed by atoms with van der Waals surface area (Å²) in [6.45, 7) is 0. The average Bonchev–Trinajstić information content (AvgIpc) is 2.35. The number of phenolic OH excluding ortho intramolecular Hbond substituents is 1. The van der Waals surface area contributed by atoms with Crippen LogP contribution in [-0.4, -0.2) is 5.11 Å². The van der Waals surface area contributed by atoms with Gasteiger partial charge in [-0.05, 0) is 24.3 Å². The van der Waals surface area contributed by atoms with E-state index in [-0.39, 0.29) is 22.7 Å². The van der Waals surface area contributed by atoms with E-state index >= 15 is 0 Å². The number of nitrogen functional groups attached to an aromatic ring is 1. The zero-order chi connectivity index (χ0) is 13.1. The van der Waals surface area contributed by atoms with Gasteiger partial charge in [-0.3, -0.25) is 0 Å². The van der Waals surface area contributed by atoms with Crippen molar-refractivity contribution in [3.05, 3.63) is 47.0 Å². The van der Waals surface area contributed by atoms with E-state index in [9.17, 15) is 5.11 Å². The van der Waals surface area contributed by atoms with E-state index in [4.69, 9.17) is 27.3 Å². The lowest BCUT2D eigenvalue weighted by Gasteiger charge is -2.10. The van der Waals surface area contributed by atoms with Crippen molar-refractivity contribution in [3.8, 4) is 23.3 Å². The van der Waals surface area contributed by atoms with Gasteiger partial charge in [-0.15, -0.1) is 0 Å². The maximum atomic E-state index is 9.46. The van der Waals surface area contributed by atoms with Crippen LogP contribution in [0.25, 0.3) is 0 Å². The minimum Gasteiger partial charge on any atom is -0.506 e. The van der Waals surface area contributed by atoms with E-state index < -0.39 is 0 Å². The largest absolute Gasteiger partial charge is 0.506 e.